The van der Waals surface area contributed by atoms with Crippen LogP contribution in [-0.2, 0) is 14.4 Å². The fourth-order valence-electron chi connectivity index (χ4n) is 2.76. The molecule has 2 saturated heterocycles. The molecule has 1 aromatic carbocycles. The average molecular weight is 329 g/mol. The number of likely N-dealkylation sites (N-methyl/N-ethyl adjacent to an activating group) is 1. The van der Waals surface area contributed by atoms with Crippen LogP contribution in [0.4, 0.5) is 10.5 Å². The summed E-state index contributed by atoms with van der Waals surface area (Å²) in [6.45, 7) is 0.0873. The molecule has 0 N–H and O–H groups in total. The number of amides is 5. The SMILES string of the molecule is CN1C(=O)C(=O)N(CC(=O)c2cccc(N3CCCC3=O)c2)C1=O. The van der Waals surface area contributed by atoms with Gasteiger partial charge in [-0.1, -0.05) is 12.1 Å². The molecule has 8 nitrogen and oxygen atoms in total. The zero-order valence-corrected chi connectivity index (χ0v) is 13.0. The summed E-state index contributed by atoms with van der Waals surface area (Å²) in [5.74, 6) is -2.45. The zero-order chi connectivity index (χ0) is 17.4. The minimum absolute atomic E-state index is 0.00304. The molecule has 8 heteroatoms. The number of rotatable bonds is 4. The van der Waals surface area contributed by atoms with Crippen molar-refractivity contribution in [3.63, 3.8) is 0 Å². The Morgan fingerprint density at radius 1 is 1.12 bits per heavy atom. The maximum Gasteiger partial charge on any atom is 0.334 e. The molecule has 24 heavy (non-hydrogen) atoms. The van der Waals surface area contributed by atoms with E-state index in [4.69, 9.17) is 0 Å². The molecule has 5 amide bonds. The number of Topliss-reactive ketones (excluding diaryl/α,β-unsaturated/α-hetero) is 1. The van der Waals surface area contributed by atoms with Gasteiger partial charge in [-0.25, -0.2) is 9.69 Å². The van der Waals surface area contributed by atoms with Gasteiger partial charge in [0.2, 0.25) is 5.91 Å². The predicted octanol–water partition coefficient (Wildman–Crippen LogP) is 0.417. The van der Waals surface area contributed by atoms with Crippen LogP contribution in [0.25, 0.3) is 0 Å². The van der Waals surface area contributed by atoms with E-state index in [1.54, 1.807) is 29.2 Å². The highest BCUT2D eigenvalue weighted by Gasteiger charge is 2.43. The molecule has 0 bridgehead atoms. The summed E-state index contributed by atoms with van der Waals surface area (Å²) in [6, 6.07) is 5.65. The van der Waals surface area contributed by atoms with E-state index in [0.29, 0.717) is 28.5 Å². The number of carbonyl (C=O) groups excluding carboxylic acids is 5. The van der Waals surface area contributed by atoms with Crippen LogP contribution in [0.5, 0.6) is 0 Å². The molecule has 0 spiro atoms. The molecule has 0 radical (unpaired) electrons. The van der Waals surface area contributed by atoms with Crippen molar-refractivity contribution in [2.45, 2.75) is 12.8 Å². The van der Waals surface area contributed by atoms with Crippen molar-refractivity contribution < 1.29 is 24.0 Å². The van der Waals surface area contributed by atoms with Crippen LogP contribution >= 0.6 is 0 Å². The van der Waals surface area contributed by atoms with Crippen LogP contribution < -0.4 is 4.90 Å². The van der Waals surface area contributed by atoms with Gasteiger partial charge in [0.25, 0.3) is 0 Å². The maximum atomic E-state index is 12.4. The van der Waals surface area contributed by atoms with E-state index in [0.717, 1.165) is 6.42 Å². The average Bonchev–Trinajstić information content (AvgIpc) is 3.09. The normalized spacial score (nSPS) is 18.1. The first-order valence-electron chi connectivity index (χ1n) is 7.47. The Hall–Kier alpha value is -3.03. The number of anilines is 1. The maximum absolute atomic E-state index is 12.4. The van der Waals surface area contributed by atoms with Gasteiger partial charge in [0.1, 0.15) is 0 Å². The fraction of sp³-hybridized carbons (Fsp3) is 0.312. The van der Waals surface area contributed by atoms with Crippen molar-refractivity contribution >= 4 is 35.2 Å². The molecule has 2 fully saturated rings. The van der Waals surface area contributed by atoms with Gasteiger partial charge in [0.05, 0.1) is 6.54 Å². The largest absolute Gasteiger partial charge is 0.334 e. The number of hydrogen-bond donors (Lipinski definition) is 0. The third-order valence-corrected chi connectivity index (χ3v) is 4.11. The Kier molecular flexibility index (Phi) is 3.88. The van der Waals surface area contributed by atoms with Crippen molar-refractivity contribution in [1.82, 2.24) is 9.80 Å². The number of nitrogens with zero attached hydrogens (tertiary/aromatic N) is 3. The molecule has 2 heterocycles. The van der Waals surface area contributed by atoms with Gasteiger partial charge in [-0.05, 0) is 18.6 Å². The van der Waals surface area contributed by atoms with Gasteiger partial charge >= 0.3 is 17.8 Å². The van der Waals surface area contributed by atoms with Gasteiger partial charge in [0.15, 0.2) is 5.78 Å². The number of hydrogen-bond acceptors (Lipinski definition) is 5. The highest BCUT2D eigenvalue weighted by atomic mass is 16.2. The van der Waals surface area contributed by atoms with Crippen molar-refractivity contribution in [1.29, 1.82) is 0 Å². The zero-order valence-electron chi connectivity index (χ0n) is 13.0. The van der Waals surface area contributed by atoms with Crippen molar-refractivity contribution in [2.24, 2.45) is 0 Å². The molecule has 3 rings (SSSR count). The van der Waals surface area contributed by atoms with E-state index in [9.17, 15) is 24.0 Å². The minimum atomic E-state index is -1.01. The number of urea groups is 1. The Morgan fingerprint density at radius 3 is 2.46 bits per heavy atom. The van der Waals surface area contributed by atoms with Crippen LogP contribution in [-0.4, -0.2) is 59.5 Å². The second kappa shape index (κ2) is 5.88. The highest BCUT2D eigenvalue weighted by Crippen LogP contribution is 2.23. The van der Waals surface area contributed by atoms with Crippen LogP contribution in [0.2, 0.25) is 0 Å². The molecular formula is C16H15N3O5. The number of benzene rings is 1. The quantitative estimate of drug-likeness (QED) is 0.453. The van der Waals surface area contributed by atoms with Gasteiger partial charge in [-0.15, -0.1) is 0 Å². The number of imide groups is 2. The molecule has 0 aromatic heterocycles. The van der Waals surface area contributed by atoms with Crippen LogP contribution in [0.3, 0.4) is 0 Å². The lowest BCUT2D eigenvalue weighted by Crippen LogP contribution is -2.36. The lowest BCUT2D eigenvalue weighted by Gasteiger charge is -2.17. The summed E-state index contributed by atoms with van der Waals surface area (Å²) in [5.41, 5.74) is 0.880. The van der Waals surface area contributed by atoms with E-state index < -0.39 is 30.2 Å². The summed E-state index contributed by atoms with van der Waals surface area (Å²) in [4.78, 5) is 62.1. The lowest BCUT2D eigenvalue weighted by atomic mass is 10.1. The topological polar surface area (TPSA) is 95.1 Å². The van der Waals surface area contributed by atoms with Crippen molar-refractivity contribution in [3.05, 3.63) is 29.8 Å². The molecule has 0 saturated carbocycles. The first-order chi connectivity index (χ1) is 11.4. The fourth-order valence-corrected chi connectivity index (χ4v) is 2.76. The van der Waals surface area contributed by atoms with Crippen LogP contribution in [0.15, 0.2) is 24.3 Å². The molecule has 0 aliphatic carbocycles. The molecule has 0 unspecified atom stereocenters. The Balaban J connectivity index is 1.79. The summed E-state index contributed by atoms with van der Waals surface area (Å²) in [7, 11) is 1.19. The molecule has 1 aromatic rings. The van der Waals surface area contributed by atoms with Gasteiger partial charge < -0.3 is 4.90 Å². The summed E-state index contributed by atoms with van der Waals surface area (Å²) in [5, 5.41) is 0. The number of carbonyl (C=O) groups is 5. The monoisotopic (exact) mass is 329 g/mol. The summed E-state index contributed by atoms with van der Waals surface area (Å²) in [6.07, 6.45) is 1.24. The van der Waals surface area contributed by atoms with E-state index in [1.165, 1.54) is 7.05 Å². The Morgan fingerprint density at radius 2 is 1.88 bits per heavy atom. The first-order valence-corrected chi connectivity index (χ1v) is 7.47. The molecule has 2 aliphatic heterocycles. The lowest BCUT2D eigenvalue weighted by molar-refractivity contribution is -0.142. The molecule has 124 valence electrons. The summed E-state index contributed by atoms with van der Waals surface area (Å²) >= 11 is 0. The van der Waals surface area contributed by atoms with Gasteiger partial charge in [-0.3, -0.25) is 24.1 Å². The predicted molar refractivity (Wildman–Crippen MR) is 82.2 cm³/mol. The molecule has 0 atom stereocenters. The third kappa shape index (κ3) is 2.55. The molecule has 2 aliphatic rings. The molecular weight excluding hydrogens is 314 g/mol. The van der Waals surface area contributed by atoms with E-state index in [2.05, 4.69) is 0 Å². The van der Waals surface area contributed by atoms with E-state index >= 15 is 0 Å². The van der Waals surface area contributed by atoms with Crippen molar-refractivity contribution in [3.8, 4) is 0 Å². The second-order valence-corrected chi connectivity index (χ2v) is 5.66. The summed E-state index contributed by atoms with van der Waals surface area (Å²) < 4.78 is 0. The highest BCUT2D eigenvalue weighted by molar-refractivity contribution is 6.45. The first kappa shape index (κ1) is 15.9. The Bertz CT molecular complexity index is 773. The Labute approximate surface area is 137 Å². The van der Waals surface area contributed by atoms with E-state index in [1.807, 2.05) is 0 Å². The standard InChI is InChI=1S/C16H15N3O5/c1-17-14(22)15(23)19(16(17)24)9-12(20)10-4-2-5-11(8-10)18-7-3-6-13(18)21/h2,4-5,8H,3,6-7,9H2,1H3. The minimum Gasteiger partial charge on any atom is -0.312 e. The van der Waals surface area contributed by atoms with Crippen LogP contribution in [0.1, 0.15) is 23.2 Å². The van der Waals surface area contributed by atoms with Gasteiger partial charge in [-0.2, -0.15) is 0 Å². The van der Waals surface area contributed by atoms with Crippen molar-refractivity contribution in [2.75, 3.05) is 25.0 Å². The third-order valence-electron chi connectivity index (χ3n) is 4.11. The van der Waals surface area contributed by atoms with Gasteiger partial charge in [0, 0.05) is 31.3 Å². The number of ketones is 1. The van der Waals surface area contributed by atoms with Crippen LogP contribution in [0, 0.1) is 0 Å². The second-order valence-electron chi connectivity index (χ2n) is 5.66. The van der Waals surface area contributed by atoms with E-state index in [-0.39, 0.29) is 11.5 Å². The smallest absolute Gasteiger partial charge is 0.312 e.